The van der Waals surface area contributed by atoms with Gasteiger partial charge in [0.05, 0.1) is 12.2 Å². The SMILES string of the molecule is CC(=O)c1scc2c1OCCN2C. The van der Waals surface area contributed by atoms with Gasteiger partial charge < -0.3 is 9.64 Å². The van der Waals surface area contributed by atoms with Crippen LogP contribution in [0.25, 0.3) is 0 Å². The van der Waals surface area contributed by atoms with E-state index < -0.39 is 0 Å². The minimum Gasteiger partial charge on any atom is -0.488 e. The Kier molecular flexibility index (Phi) is 2.00. The number of rotatable bonds is 1. The highest BCUT2D eigenvalue weighted by atomic mass is 32.1. The maximum atomic E-state index is 11.2. The third-order valence-corrected chi connectivity index (χ3v) is 3.18. The number of ether oxygens (including phenoxy) is 1. The summed E-state index contributed by atoms with van der Waals surface area (Å²) in [5.74, 6) is 0.854. The number of Topliss-reactive ketones (excluding diaryl/α,β-unsaturated/α-hetero) is 1. The molecular formula is C9H11NO2S. The molecule has 2 rings (SSSR count). The first-order valence-corrected chi connectivity index (χ1v) is 5.04. The summed E-state index contributed by atoms with van der Waals surface area (Å²) in [5.41, 5.74) is 1.04. The molecule has 4 heteroatoms. The summed E-state index contributed by atoms with van der Waals surface area (Å²) >= 11 is 1.46. The van der Waals surface area contributed by atoms with Crippen molar-refractivity contribution in [2.75, 3.05) is 25.1 Å². The molecule has 0 saturated heterocycles. The topological polar surface area (TPSA) is 29.5 Å². The Morgan fingerprint density at radius 3 is 3.15 bits per heavy atom. The molecule has 70 valence electrons. The Balaban J connectivity index is 2.47. The fraction of sp³-hybridized carbons (Fsp3) is 0.444. The van der Waals surface area contributed by atoms with Crippen LogP contribution in [0.2, 0.25) is 0 Å². The first kappa shape index (κ1) is 8.56. The lowest BCUT2D eigenvalue weighted by molar-refractivity contribution is 0.101. The molecule has 0 amide bonds. The normalized spacial score (nSPS) is 15.1. The highest BCUT2D eigenvalue weighted by Gasteiger charge is 2.22. The van der Waals surface area contributed by atoms with Crippen LogP contribution < -0.4 is 9.64 Å². The summed E-state index contributed by atoms with van der Waals surface area (Å²) < 4.78 is 5.47. The van der Waals surface area contributed by atoms with Crippen molar-refractivity contribution in [2.24, 2.45) is 0 Å². The maximum absolute atomic E-state index is 11.2. The smallest absolute Gasteiger partial charge is 0.173 e. The van der Waals surface area contributed by atoms with Gasteiger partial charge in [-0.2, -0.15) is 0 Å². The van der Waals surface area contributed by atoms with E-state index in [1.165, 1.54) is 11.3 Å². The van der Waals surface area contributed by atoms with E-state index in [0.717, 1.165) is 22.9 Å². The molecule has 1 aromatic heterocycles. The Labute approximate surface area is 80.9 Å². The van der Waals surface area contributed by atoms with Crippen LogP contribution in [-0.4, -0.2) is 26.0 Å². The van der Waals surface area contributed by atoms with Gasteiger partial charge in [-0.3, -0.25) is 4.79 Å². The van der Waals surface area contributed by atoms with Crippen molar-refractivity contribution < 1.29 is 9.53 Å². The van der Waals surface area contributed by atoms with E-state index in [1.807, 2.05) is 12.4 Å². The van der Waals surface area contributed by atoms with Crippen LogP contribution in [0.5, 0.6) is 5.75 Å². The number of carbonyl (C=O) groups excluding carboxylic acids is 1. The van der Waals surface area contributed by atoms with Gasteiger partial charge in [-0.25, -0.2) is 0 Å². The standard InChI is InChI=1S/C9H11NO2S/c1-6(11)9-8-7(5-13-9)10(2)3-4-12-8/h5H,3-4H2,1-2H3. The third kappa shape index (κ3) is 1.31. The van der Waals surface area contributed by atoms with Crippen molar-refractivity contribution >= 4 is 22.8 Å². The fourth-order valence-electron chi connectivity index (χ4n) is 1.39. The number of anilines is 1. The summed E-state index contributed by atoms with van der Waals surface area (Å²) in [7, 11) is 2.01. The molecule has 1 aliphatic heterocycles. The van der Waals surface area contributed by atoms with Gasteiger partial charge in [0.25, 0.3) is 0 Å². The highest BCUT2D eigenvalue weighted by Crippen LogP contribution is 2.39. The number of ketones is 1. The van der Waals surface area contributed by atoms with E-state index in [-0.39, 0.29) is 5.78 Å². The second-order valence-corrected chi connectivity index (χ2v) is 3.99. The minimum atomic E-state index is 0.0848. The number of thiophene rings is 1. The van der Waals surface area contributed by atoms with Gasteiger partial charge in [-0.15, -0.1) is 11.3 Å². The number of fused-ring (bicyclic) bond motifs is 1. The zero-order valence-electron chi connectivity index (χ0n) is 7.66. The Morgan fingerprint density at radius 2 is 2.46 bits per heavy atom. The molecule has 1 aliphatic rings. The molecule has 1 aromatic rings. The fourth-order valence-corrected chi connectivity index (χ4v) is 2.34. The summed E-state index contributed by atoms with van der Waals surface area (Å²) in [5, 5.41) is 1.98. The largest absolute Gasteiger partial charge is 0.488 e. The monoisotopic (exact) mass is 197 g/mol. The first-order valence-electron chi connectivity index (χ1n) is 4.16. The lowest BCUT2D eigenvalue weighted by atomic mass is 10.2. The summed E-state index contributed by atoms with van der Waals surface area (Å²) in [6.45, 7) is 3.13. The van der Waals surface area contributed by atoms with Gasteiger partial charge in [0.1, 0.15) is 11.5 Å². The predicted octanol–water partition coefficient (Wildman–Crippen LogP) is 1.78. The van der Waals surface area contributed by atoms with Crippen LogP contribution in [0.4, 0.5) is 5.69 Å². The van der Waals surface area contributed by atoms with Crippen LogP contribution >= 0.6 is 11.3 Å². The van der Waals surface area contributed by atoms with Gasteiger partial charge in [-0.1, -0.05) is 0 Å². The van der Waals surface area contributed by atoms with Crippen molar-refractivity contribution in [1.82, 2.24) is 0 Å². The molecule has 0 aromatic carbocycles. The molecule has 0 saturated carbocycles. The van der Waals surface area contributed by atoms with Crippen LogP contribution in [0.3, 0.4) is 0 Å². The van der Waals surface area contributed by atoms with Crippen molar-refractivity contribution in [3.05, 3.63) is 10.3 Å². The summed E-state index contributed by atoms with van der Waals surface area (Å²) in [4.78, 5) is 14.0. The molecule has 3 nitrogen and oxygen atoms in total. The highest BCUT2D eigenvalue weighted by molar-refractivity contribution is 7.13. The van der Waals surface area contributed by atoms with Crippen LogP contribution in [0.1, 0.15) is 16.6 Å². The molecule has 0 unspecified atom stereocenters. The number of likely N-dealkylation sites (N-methyl/N-ethyl adjacent to an activating group) is 1. The lowest BCUT2D eigenvalue weighted by Gasteiger charge is -2.25. The molecule has 2 heterocycles. The van der Waals surface area contributed by atoms with Crippen LogP contribution in [-0.2, 0) is 0 Å². The van der Waals surface area contributed by atoms with Gasteiger partial charge in [0.2, 0.25) is 0 Å². The Morgan fingerprint density at radius 1 is 1.69 bits per heavy atom. The molecule has 0 aliphatic carbocycles. The van der Waals surface area contributed by atoms with E-state index in [1.54, 1.807) is 6.92 Å². The van der Waals surface area contributed by atoms with Gasteiger partial charge in [-0.05, 0) is 0 Å². The van der Waals surface area contributed by atoms with E-state index >= 15 is 0 Å². The summed E-state index contributed by atoms with van der Waals surface area (Å²) in [6, 6.07) is 0. The van der Waals surface area contributed by atoms with Crippen molar-refractivity contribution in [1.29, 1.82) is 0 Å². The predicted molar refractivity (Wildman–Crippen MR) is 53.1 cm³/mol. The van der Waals surface area contributed by atoms with Crippen molar-refractivity contribution in [2.45, 2.75) is 6.92 Å². The molecule has 0 radical (unpaired) electrons. The molecule has 0 atom stereocenters. The van der Waals surface area contributed by atoms with Gasteiger partial charge in [0, 0.05) is 19.4 Å². The number of hydrogen-bond acceptors (Lipinski definition) is 4. The van der Waals surface area contributed by atoms with E-state index in [2.05, 4.69) is 4.90 Å². The maximum Gasteiger partial charge on any atom is 0.173 e. The molecular weight excluding hydrogens is 186 g/mol. The average molecular weight is 197 g/mol. The van der Waals surface area contributed by atoms with Gasteiger partial charge in [0.15, 0.2) is 11.5 Å². The first-order chi connectivity index (χ1) is 6.20. The second-order valence-electron chi connectivity index (χ2n) is 3.11. The molecule has 0 N–H and O–H groups in total. The Hall–Kier alpha value is -1.03. The summed E-state index contributed by atoms with van der Waals surface area (Å²) in [6.07, 6.45) is 0. The molecule has 13 heavy (non-hydrogen) atoms. The van der Waals surface area contributed by atoms with E-state index in [0.29, 0.717) is 6.61 Å². The zero-order chi connectivity index (χ0) is 9.42. The molecule has 0 bridgehead atoms. The van der Waals surface area contributed by atoms with E-state index in [9.17, 15) is 4.79 Å². The van der Waals surface area contributed by atoms with Crippen molar-refractivity contribution in [3.8, 4) is 5.75 Å². The van der Waals surface area contributed by atoms with Crippen molar-refractivity contribution in [3.63, 3.8) is 0 Å². The Bertz CT molecular complexity index is 345. The lowest BCUT2D eigenvalue weighted by Crippen LogP contribution is -2.28. The average Bonchev–Trinajstić information content (AvgIpc) is 2.48. The quantitative estimate of drug-likeness (QED) is 0.643. The van der Waals surface area contributed by atoms with Crippen LogP contribution in [0, 0.1) is 0 Å². The second kappa shape index (κ2) is 3.03. The number of hydrogen-bond donors (Lipinski definition) is 0. The van der Waals surface area contributed by atoms with Gasteiger partial charge >= 0.3 is 0 Å². The minimum absolute atomic E-state index is 0.0848. The molecule has 0 fully saturated rings. The number of nitrogens with zero attached hydrogens (tertiary/aromatic N) is 1. The molecule has 0 spiro atoms. The van der Waals surface area contributed by atoms with Crippen LogP contribution in [0.15, 0.2) is 5.38 Å². The van der Waals surface area contributed by atoms with E-state index in [4.69, 9.17) is 4.74 Å². The zero-order valence-corrected chi connectivity index (χ0v) is 8.48. The number of carbonyl (C=O) groups is 1. The third-order valence-electron chi connectivity index (χ3n) is 2.13.